The molecule has 24 heavy (non-hydrogen) atoms. The maximum atomic E-state index is 12.3. The molecule has 120 valence electrons. The fourth-order valence-corrected chi connectivity index (χ4v) is 3.40. The second kappa shape index (κ2) is 5.65. The third-order valence-corrected chi connectivity index (χ3v) is 4.53. The van der Waals surface area contributed by atoms with Crippen LogP contribution in [0.5, 0.6) is 0 Å². The van der Waals surface area contributed by atoms with Gasteiger partial charge >= 0.3 is 0 Å². The molecule has 0 aromatic carbocycles. The van der Waals surface area contributed by atoms with Crippen molar-refractivity contribution in [1.82, 2.24) is 19.7 Å². The molecule has 4 rings (SSSR count). The van der Waals surface area contributed by atoms with E-state index in [1.54, 1.807) is 12.3 Å². The number of aromatic amines is 1. The minimum atomic E-state index is -0.410. The smallest absolute Gasteiger partial charge is 0.268 e. The second-order valence-corrected chi connectivity index (χ2v) is 6.10. The monoisotopic (exact) mass is 340 g/mol. The highest BCUT2D eigenvalue weighted by molar-refractivity contribution is 6.30. The van der Waals surface area contributed by atoms with Gasteiger partial charge in [-0.1, -0.05) is 11.6 Å². The Morgan fingerprint density at radius 1 is 1.46 bits per heavy atom. The first-order chi connectivity index (χ1) is 11.7. The maximum Gasteiger partial charge on any atom is 0.268 e. The Balaban J connectivity index is 1.85. The second-order valence-electron chi connectivity index (χ2n) is 5.72. The molecule has 0 radical (unpaired) electrons. The van der Waals surface area contributed by atoms with Gasteiger partial charge in [0.1, 0.15) is 16.8 Å². The van der Waals surface area contributed by atoms with Gasteiger partial charge in [0.15, 0.2) is 0 Å². The lowest BCUT2D eigenvalue weighted by atomic mass is 10.1. The molecule has 7 nitrogen and oxygen atoms in total. The van der Waals surface area contributed by atoms with Crippen LogP contribution < -0.4 is 10.5 Å². The summed E-state index contributed by atoms with van der Waals surface area (Å²) < 4.78 is 1.91. The van der Waals surface area contributed by atoms with Gasteiger partial charge in [-0.3, -0.25) is 9.48 Å². The van der Waals surface area contributed by atoms with Gasteiger partial charge in [-0.25, -0.2) is 4.98 Å². The molecular weight excluding hydrogens is 328 g/mol. The Morgan fingerprint density at radius 2 is 2.33 bits per heavy atom. The van der Waals surface area contributed by atoms with Crippen molar-refractivity contribution in [3.8, 4) is 6.07 Å². The zero-order valence-corrected chi connectivity index (χ0v) is 13.4. The lowest BCUT2D eigenvalue weighted by Gasteiger charge is -2.21. The molecular formula is C16H13ClN6O. The molecule has 1 aliphatic heterocycles. The molecule has 1 atom stereocenters. The summed E-state index contributed by atoms with van der Waals surface area (Å²) in [7, 11) is 0. The highest BCUT2D eigenvalue weighted by Gasteiger charge is 2.28. The normalized spacial score (nSPS) is 17.3. The molecule has 3 aromatic heterocycles. The Kier molecular flexibility index (Phi) is 3.47. The van der Waals surface area contributed by atoms with Crippen molar-refractivity contribution >= 4 is 28.2 Å². The molecule has 4 heterocycles. The lowest BCUT2D eigenvalue weighted by Crippen LogP contribution is -2.25. The Bertz CT molecular complexity index is 1000. The Labute approximate surface area is 142 Å². The van der Waals surface area contributed by atoms with Crippen LogP contribution in [-0.4, -0.2) is 32.8 Å². The van der Waals surface area contributed by atoms with E-state index in [1.165, 1.54) is 6.20 Å². The average molecular weight is 341 g/mol. The van der Waals surface area contributed by atoms with E-state index in [9.17, 15) is 10.1 Å². The lowest BCUT2D eigenvalue weighted by molar-refractivity contribution is 0.495. The molecule has 1 N–H and O–H groups in total. The van der Waals surface area contributed by atoms with Crippen LogP contribution in [0.3, 0.4) is 0 Å². The number of fused-ring (bicyclic) bond motifs is 1. The quantitative estimate of drug-likeness (QED) is 0.721. The number of nitrogens with zero attached hydrogens (tertiary/aromatic N) is 5. The van der Waals surface area contributed by atoms with Crippen LogP contribution in [0.1, 0.15) is 18.0 Å². The highest BCUT2D eigenvalue weighted by atomic mass is 35.5. The summed E-state index contributed by atoms with van der Waals surface area (Å²) in [4.78, 5) is 21.0. The van der Waals surface area contributed by atoms with Crippen LogP contribution in [0, 0.1) is 11.3 Å². The first-order valence-corrected chi connectivity index (χ1v) is 7.91. The number of anilines is 1. The standard InChI is InChI=1S/C16H13ClN6O/c17-14-6-11-13(8-19-14)21-16(24)12(7-18)15(11)22-5-2-10(9-22)23-4-1-3-20-23/h1,3-4,6,8,10H,2,5,9H2,(H,21,24)/t10-/m1/s1. The summed E-state index contributed by atoms with van der Waals surface area (Å²) in [6.45, 7) is 1.41. The molecule has 1 saturated heterocycles. The third kappa shape index (κ3) is 2.32. The third-order valence-electron chi connectivity index (χ3n) is 4.33. The van der Waals surface area contributed by atoms with E-state index in [0.717, 1.165) is 18.4 Å². The summed E-state index contributed by atoms with van der Waals surface area (Å²) in [5.41, 5.74) is 0.883. The van der Waals surface area contributed by atoms with Crippen molar-refractivity contribution in [3.63, 3.8) is 0 Å². The van der Waals surface area contributed by atoms with E-state index in [1.807, 2.05) is 23.0 Å². The van der Waals surface area contributed by atoms with Crippen molar-refractivity contribution in [3.05, 3.63) is 51.8 Å². The molecule has 0 unspecified atom stereocenters. The van der Waals surface area contributed by atoms with Gasteiger partial charge < -0.3 is 9.88 Å². The van der Waals surface area contributed by atoms with E-state index >= 15 is 0 Å². The van der Waals surface area contributed by atoms with Crippen LogP contribution in [-0.2, 0) is 0 Å². The van der Waals surface area contributed by atoms with E-state index in [4.69, 9.17) is 11.6 Å². The number of nitrogens with one attached hydrogen (secondary N) is 1. The fourth-order valence-electron chi connectivity index (χ4n) is 3.24. The maximum absolute atomic E-state index is 12.3. The van der Waals surface area contributed by atoms with Crippen molar-refractivity contribution in [2.45, 2.75) is 12.5 Å². The fraction of sp³-hybridized carbons (Fsp3) is 0.250. The van der Waals surface area contributed by atoms with Gasteiger partial charge in [-0.15, -0.1) is 0 Å². The largest absolute Gasteiger partial charge is 0.368 e. The van der Waals surface area contributed by atoms with E-state index in [-0.39, 0.29) is 11.6 Å². The highest BCUT2D eigenvalue weighted by Crippen LogP contribution is 2.33. The SMILES string of the molecule is N#Cc1c(N2CC[C@@H](n3cccn3)C2)c2cc(Cl)ncc2[nH]c1=O. The number of pyridine rings is 2. The van der Waals surface area contributed by atoms with Gasteiger partial charge in [0, 0.05) is 30.9 Å². The Morgan fingerprint density at radius 3 is 3.08 bits per heavy atom. The topological polar surface area (TPSA) is 90.6 Å². The van der Waals surface area contributed by atoms with Gasteiger partial charge in [-0.2, -0.15) is 10.4 Å². The van der Waals surface area contributed by atoms with Crippen LogP contribution in [0.2, 0.25) is 5.15 Å². The molecule has 0 bridgehead atoms. The molecule has 1 aliphatic rings. The predicted molar refractivity (Wildman–Crippen MR) is 90.2 cm³/mol. The predicted octanol–water partition coefficient (Wildman–Crippen LogP) is 2.10. The first kappa shape index (κ1) is 14.7. The van der Waals surface area contributed by atoms with E-state index < -0.39 is 5.56 Å². The molecule has 1 fully saturated rings. The summed E-state index contributed by atoms with van der Waals surface area (Å²) >= 11 is 6.02. The summed E-state index contributed by atoms with van der Waals surface area (Å²) in [5, 5.41) is 14.8. The first-order valence-electron chi connectivity index (χ1n) is 7.53. The minimum absolute atomic E-state index is 0.103. The Hall–Kier alpha value is -2.85. The van der Waals surface area contributed by atoms with Crippen molar-refractivity contribution < 1.29 is 0 Å². The van der Waals surface area contributed by atoms with Crippen molar-refractivity contribution in [2.24, 2.45) is 0 Å². The van der Waals surface area contributed by atoms with E-state index in [2.05, 4.69) is 20.0 Å². The summed E-state index contributed by atoms with van der Waals surface area (Å²) in [6, 6.07) is 5.81. The van der Waals surface area contributed by atoms with Crippen molar-refractivity contribution in [2.75, 3.05) is 18.0 Å². The molecule has 0 saturated carbocycles. The summed E-state index contributed by atoms with van der Waals surface area (Å²) in [5.74, 6) is 0. The molecule has 0 amide bonds. The molecule has 3 aromatic rings. The average Bonchev–Trinajstić information content (AvgIpc) is 3.25. The van der Waals surface area contributed by atoms with Gasteiger partial charge in [-0.05, 0) is 18.6 Å². The summed E-state index contributed by atoms with van der Waals surface area (Å²) in [6.07, 6.45) is 6.08. The number of nitriles is 1. The minimum Gasteiger partial charge on any atom is -0.368 e. The van der Waals surface area contributed by atoms with E-state index in [0.29, 0.717) is 22.9 Å². The van der Waals surface area contributed by atoms with Gasteiger partial charge in [0.05, 0.1) is 23.4 Å². The van der Waals surface area contributed by atoms with Gasteiger partial charge in [0.25, 0.3) is 5.56 Å². The van der Waals surface area contributed by atoms with Gasteiger partial charge in [0.2, 0.25) is 0 Å². The number of halogens is 1. The van der Waals surface area contributed by atoms with Crippen molar-refractivity contribution in [1.29, 1.82) is 5.26 Å². The molecule has 0 spiro atoms. The number of aromatic nitrogens is 4. The number of rotatable bonds is 2. The number of H-pyrrole nitrogens is 1. The van der Waals surface area contributed by atoms with Crippen LogP contribution >= 0.6 is 11.6 Å². The van der Waals surface area contributed by atoms with Crippen LogP contribution in [0.25, 0.3) is 10.9 Å². The molecule has 8 heteroatoms. The number of hydrogen-bond acceptors (Lipinski definition) is 5. The molecule has 0 aliphatic carbocycles. The number of hydrogen-bond donors (Lipinski definition) is 1. The van der Waals surface area contributed by atoms with Crippen LogP contribution in [0.15, 0.2) is 35.5 Å². The zero-order chi connectivity index (χ0) is 16.7. The zero-order valence-electron chi connectivity index (χ0n) is 12.6. The van der Waals surface area contributed by atoms with Crippen LogP contribution in [0.4, 0.5) is 5.69 Å².